The highest BCUT2D eigenvalue weighted by molar-refractivity contribution is 6.30. The third-order valence-corrected chi connectivity index (χ3v) is 3.64. The van der Waals surface area contributed by atoms with Crippen LogP contribution in [0.2, 0.25) is 5.02 Å². The van der Waals surface area contributed by atoms with E-state index in [0.717, 1.165) is 17.9 Å². The molecule has 1 atom stereocenters. The van der Waals surface area contributed by atoms with Gasteiger partial charge in [0.05, 0.1) is 7.11 Å². The first-order valence-electron chi connectivity index (χ1n) is 6.96. The zero-order valence-electron chi connectivity index (χ0n) is 12.2. The monoisotopic (exact) mass is 307 g/mol. The van der Waals surface area contributed by atoms with Gasteiger partial charge in [-0.3, -0.25) is 0 Å². The van der Waals surface area contributed by atoms with Gasteiger partial charge in [0, 0.05) is 16.6 Å². The zero-order valence-corrected chi connectivity index (χ0v) is 13.0. The van der Waals surface area contributed by atoms with Crippen LogP contribution < -0.4 is 10.1 Å². The van der Waals surface area contributed by atoms with Crippen molar-refractivity contribution in [1.29, 1.82) is 0 Å². The summed E-state index contributed by atoms with van der Waals surface area (Å²) in [4.78, 5) is 0. The lowest BCUT2D eigenvalue weighted by Gasteiger charge is -2.20. The van der Waals surface area contributed by atoms with Gasteiger partial charge in [-0.1, -0.05) is 42.8 Å². The average Bonchev–Trinajstić information content (AvgIpc) is 2.47. The number of hydrogen-bond acceptors (Lipinski definition) is 2. The fourth-order valence-electron chi connectivity index (χ4n) is 2.41. The van der Waals surface area contributed by atoms with E-state index in [0.29, 0.717) is 17.0 Å². The number of para-hydroxylation sites is 1. The summed E-state index contributed by atoms with van der Waals surface area (Å²) in [5.41, 5.74) is 1.66. The Labute approximate surface area is 129 Å². The van der Waals surface area contributed by atoms with E-state index < -0.39 is 0 Å². The predicted octanol–water partition coefficient (Wildman–Crippen LogP) is 4.38. The van der Waals surface area contributed by atoms with E-state index in [1.54, 1.807) is 19.2 Å². The molecule has 0 radical (unpaired) electrons. The summed E-state index contributed by atoms with van der Waals surface area (Å²) in [6.07, 6.45) is 0.649. The Kier molecular flexibility index (Phi) is 5.59. The van der Waals surface area contributed by atoms with Crippen LogP contribution in [0.1, 0.15) is 24.1 Å². The molecule has 0 spiro atoms. The van der Waals surface area contributed by atoms with Gasteiger partial charge in [0.2, 0.25) is 0 Å². The maximum atomic E-state index is 14.2. The SMILES string of the molecule is CCNC(Cc1ccccc1OC)c1ccc(Cl)cc1F. The van der Waals surface area contributed by atoms with E-state index in [4.69, 9.17) is 16.3 Å². The van der Waals surface area contributed by atoms with Gasteiger partial charge in [0.15, 0.2) is 0 Å². The minimum absolute atomic E-state index is 0.122. The van der Waals surface area contributed by atoms with Gasteiger partial charge in [0.1, 0.15) is 11.6 Å². The molecule has 1 N–H and O–H groups in total. The summed E-state index contributed by atoms with van der Waals surface area (Å²) in [5, 5.41) is 3.73. The van der Waals surface area contributed by atoms with Gasteiger partial charge in [-0.05, 0) is 36.7 Å². The van der Waals surface area contributed by atoms with Crippen LogP contribution in [-0.2, 0) is 6.42 Å². The van der Waals surface area contributed by atoms with Crippen LogP contribution in [0.5, 0.6) is 5.75 Å². The van der Waals surface area contributed by atoms with Gasteiger partial charge >= 0.3 is 0 Å². The number of halogens is 2. The van der Waals surface area contributed by atoms with Gasteiger partial charge in [0.25, 0.3) is 0 Å². The van der Waals surface area contributed by atoms with Crippen molar-refractivity contribution >= 4 is 11.6 Å². The van der Waals surface area contributed by atoms with Gasteiger partial charge < -0.3 is 10.1 Å². The van der Waals surface area contributed by atoms with E-state index >= 15 is 0 Å². The number of ether oxygens (including phenoxy) is 1. The fraction of sp³-hybridized carbons (Fsp3) is 0.294. The lowest BCUT2D eigenvalue weighted by molar-refractivity contribution is 0.405. The lowest BCUT2D eigenvalue weighted by atomic mass is 9.97. The number of hydrogen-bond donors (Lipinski definition) is 1. The van der Waals surface area contributed by atoms with Crippen molar-refractivity contribution in [2.24, 2.45) is 0 Å². The lowest BCUT2D eigenvalue weighted by Crippen LogP contribution is -2.24. The Balaban J connectivity index is 2.30. The van der Waals surface area contributed by atoms with Crippen LogP contribution in [0, 0.1) is 5.82 Å². The molecule has 2 rings (SSSR count). The summed E-state index contributed by atoms with van der Waals surface area (Å²) in [7, 11) is 1.64. The Hall–Kier alpha value is -1.58. The molecule has 0 aliphatic carbocycles. The quantitative estimate of drug-likeness (QED) is 0.855. The molecule has 4 heteroatoms. The molecule has 0 saturated carbocycles. The van der Waals surface area contributed by atoms with Crippen LogP contribution in [0.15, 0.2) is 42.5 Å². The standard InChI is InChI=1S/C17H19ClFNO/c1-3-20-16(14-9-8-13(18)11-15(14)19)10-12-6-4-5-7-17(12)21-2/h4-9,11,16,20H,3,10H2,1-2H3. The topological polar surface area (TPSA) is 21.3 Å². The first kappa shape index (κ1) is 15.8. The second-order valence-corrected chi connectivity index (χ2v) is 5.23. The summed E-state index contributed by atoms with van der Waals surface area (Å²) in [6.45, 7) is 2.75. The smallest absolute Gasteiger partial charge is 0.129 e. The van der Waals surface area contributed by atoms with Crippen molar-refractivity contribution in [2.75, 3.05) is 13.7 Å². The van der Waals surface area contributed by atoms with Crippen LogP contribution >= 0.6 is 11.6 Å². The highest BCUT2D eigenvalue weighted by Gasteiger charge is 2.17. The van der Waals surface area contributed by atoms with Gasteiger partial charge in [-0.25, -0.2) is 4.39 Å². The molecule has 0 amide bonds. The molecule has 2 aromatic carbocycles. The highest BCUT2D eigenvalue weighted by atomic mass is 35.5. The second kappa shape index (κ2) is 7.43. The molecule has 0 aliphatic rings. The Morgan fingerprint density at radius 1 is 1.24 bits per heavy atom. The molecule has 0 heterocycles. The molecule has 0 fully saturated rings. The van der Waals surface area contributed by atoms with E-state index in [9.17, 15) is 4.39 Å². The zero-order chi connectivity index (χ0) is 15.2. The molecule has 2 aromatic rings. The Bertz CT molecular complexity index is 603. The van der Waals surface area contributed by atoms with Crippen molar-refractivity contribution in [3.63, 3.8) is 0 Å². The molecule has 0 bridgehead atoms. The third-order valence-electron chi connectivity index (χ3n) is 3.40. The van der Waals surface area contributed by atoms with Crippen molar-refractivity contribution in [1.82, 2.24) is 5.32 Å². The fourth-order valence-corrected chi connectivity index (χ4v) is 2.57. The predicted molar refractivity (Wildman–Crippen MR) is 84.5 cm³/mol. The van der Waals surface area contributed by atoms with Crippen molar-refractivity contribution in [2.45, 2.75) is 19.4 Å². The number of methoxy groups -OCH3 is 1. The summed E-state index contributed by atoms with van der Waals surface area (Å²) in [6, 6.07) is 12.5. The first-order valence-corrected chi connectivity index (χ1v) is 7.33. The molecule has 0 aliphatic heterocycles. The molecule has 2 nitrogen and oxygen atoms in total. The van der Waals surface area contributed by atoms with E-state index in [2.05, 4.69) is 5.32 Å². The number of nitrogens with one attached hydrogen (secondary N) is 1. The average molecular weight is 308 g/mol. The Morgan fingerprint density at radius 2 is 2.00 bits per heavy atom. The van der Waals surface area contributed by atoms with E-state index in [1.165, 1.54) is 6.07 Å². The molecule has 112 valence electrons. The molecular formula is C17H19ClFNO. The molecule has 21 heavy (non-hydrogen) atoms. The maximum absolute atomic E-state index is 14.2. The van der Waals surface area contributed by atoms with Crippen LogP contribution in [0.25, 0.3) is 0 Å². The number of benzene rings is 2. The molecule has 0 saturated heterocycles. The largest absolute Gasteiger partial charge is 0.496 e. The van der Waals surface area contributed by atoms with Gasteiger partial charge in [-0.15, -0.1) is 0 Å². The minimum Gasteiger partial charge on any atom is -0.496 e. The molecule has 0 aromatic heterocycles. The molecular weight excluding hydrogens is 289 g/mol. The van der Waals surface area contributed by atoms with E-state index in [-0.39, 0.29) is 11.9 Å². The summed E-state index contributed by atoms with van der Waals surface area (Å²) < 4.78 is 19.5. The van der Waals surface area contributed by atoms with E-state index in [1.807, 2.05) is 31.2 Å². The summed E-state index contributed by atoms with van der Waals surface area (Å²) in [5.74, 6) is 0.526. The Morgan fingerprint density at radius 3 is 2.67 bits per heavy atom. The first-order chi connectivity index (χ1) is 10.2. The number of rotatable bonds is 6. The normalized spacial score (nSPS) is 12.2. The number of likely N-dealkylation sites (N-methyl/N-ethyl adjacent to an activating group) is 1. The maximum Gasteiger partial charge on any atom is 0.129 e. The van der Waals surface area contributed by atoms with Crippen LogP contribution in [0.4, 0.5) is 4.39 Å². The van der Waals surface area contributed by atoms with Crippen LogP contribution in [-0.4, -0.2) is 13.7 Å². The second-order valence-electron chi connectivity index (χ2n) is 4.79. The van der Waals surface area contributed by atoms with Crippen molar-refractivity contribution < 1.29 is 9.13 Å². The summed E-state index contributed by atoms with van der Waals surface area (Å²) >= 11 is 5.83. The minimum atomic E-state index is -0.289. The van der Waals surface area contributed by atoms with Gasteiger partial charge in [-0.2, -0.15) is 0 Å². The highest BCUT2D eigenvalue weighted by Crippen LogP contribution is 2.27. The van der Waals surface area contributed by atoms with Crippen molar-refractivity contribution in [3.8, 4) is 5.75 Å². The van der Waals surface area contributed by atoms with Crippen molar-refractivity contribution in [3.05, 3.63) is 64.4 Å². The third kappa shape index (κ3) is 3.96. The molecule has 1 unspecified atom stereocenters. The van der Waals surface area contributed by atoms with Crippen LogP contribution in [0.3, 0.4) is 0 Å².